The van der Waals surface area contributed by atoms with E-state index in [9.17, 15) is 13.2 Å². The third-order valence-electron chi connectivity index (χ3n) is 3.65. The van der Waals surface area contributed by atoms with E-state index >= 15 is 0 Å². The zero-order valence-corrected chi connectivity index (χ0v) is 14.2. The summed E-state index contributed by atoms with van der Waals surface area (Å²) in [6.07, 6.45) is 1.76. The van der Waals surface area contributed by atoms with Gasteiger partial charge >= 0.3 is 5.97 Å². The quantitative estimate of drug-likeness (QED) is 0.801. The van der Waals surface area contributed by atoms with Gasteiger partial charge in [-0.1, -0.05) is 0 Å². The van der Waals surface area contributed by atoms with Gasteiger partial charge in [0.2, 0.25) is 10.0 Å². The molecule has 0 bridgehead atoms. The van der Waals surface area contributed by atoms with Crippen molar-refractivity contribution in [1.29, 1.82) is 0 Å². The van der Waals surface area contributed by atoms with Gasteiger partial charge in [0.05, 0.1) is 17.6 Å². The second-order valence-corrected chi connectivity index (χ2v) is 6.84. The molecule has 2 rings (SSSR count). The van der Waals surface area contributed by atoms with E-state index in [4.69, 9.17) is 0 Å². The van der Waals surface area contributed by atoms with E-state index in [0.29, 0.717) is 5.56 Å². The monoisotopic (exact) mass is 348 g/mol. The fourth-order valence-electron chi connectivity index (χ4n) is 2.36. The molecule has 22 heavy (non-hydrogen) atoms. The van der Waals surface area contributed by atoms with Gasteiger partial charge in [-0.15, -0.1) is 12.4 Å². The highest BCUT2D eigenvalue weighted by Crippen LogP contribution is 2.15. The largest absolute Gasteiger partial charge is 0.465 e. The Bertz CT molecular complexity index is 604. The Morgan fingerprint density at radius 2 is 1.95 bits per heavy atom. The molecule has 2 atom stereocenters. The Kier molecular flexibility index (Phi) is 6.80. The lowest BCUT2D eigenvalue weighted by molar-refractivity contribution is 0.0600. The number of nitrogens with one attached hydrogen (secondary N) is 2. The van der Waals surface area contributed by atoms with Gasteiger partial charge in [0.25, 0.3) is 0 Å². The molecule has 124 valence electrons. The van der Waals surface area contributed by atoms with Gasteiger partial charge in [0.15, 0.2) is 0 Å². The number of esters is 1. The number of hydrogen-bond donors (Lipinski definition) is 2. The van der Waals surface area contributed by atoms with Crippen molar-refractivity contribution in [2.75, 3.05) is 13.7 Å². The van der Waals surface area contributed by atoms with Gasteiger partial charge in [0.1, 0.15) is 0 Å². The Hall–Kier alpha value is -1.15. The number of benzene rings is 1. The average molecular weight is 349 g/mol. The molecule has 1 aliphatic rings. The molecule has 1 heterocycles. The molecule has 8 heteroatoms. The summed E-state index contributed by atoms with van der Waals surface area (Å²) in [5, 5.41) is 3.25. The van der Waals surface area contributed by atoms with Crippen molar-refractivity contribution < 1.29 is 17.9 Å². The van der Waals surface area contributed by atoms with Crippen LogP contribution in [0.3, 0.4) is 0 Å². The Labute approximate surface area is 137 Å². The maximum Gasteiger partial charge on any atom is 0.337 e. The SMILES string of the molecule is COC(=O)c1ccc(S(=O)(=O)NC2CCCNC2C)cc1.Cl. The summed E-state index contributed by atoms with van der Waals surface area (Å²) >= 11 is 0. The summed E-state index contributed by atoms with van der Waals surface area (Å²) in [6.45, 7) is 2.87. The van der Waals surface area contributed by atoms with Crippen molar-refractivity contribution in [3.8, 4) is 0 Å². The van der Waals surface area contributed by atoms with Crippen LogP contribution in [-0.2, 0) is 14.8 Å². The molecule has 0 radical (unpaired) electrons. The van der Waals surface area contributed by atoms with Crippen molar-refractivity contribution >= 4 is 28.4 Å². The smallest absolute Gasteiger partial charge is 0.337 e. The number of piperidine rings is 1. The molecule has 1 aromatic rings. The Morgan fingerprint density at radius 1 is 1.32 bits per heavy atom. The summed E-state index contributed by atoms with van der Waals surface area (Å²) in [5.41, 5.74) is 0.323. The van der Waals surface area contributed by atoms with Crippen molar-refractivity contribution in [2.45, 2.75) is 36.7 Å². The molecule has 1 aliphatic heterocycles. The number of rotatable bonds is 4. The summed E-state index contributed by atoms with van der Waals surface area (Å²) in [5.74, 6) is -0.489. The highest BCUT2D eigenvalue weighted by molar-refractivity contribution is 7.89. The number of sulfonamides is 1. The van der Waals surface area contributed by atoms with Crippen molar-refractivity contribution in [1.82, 2.24) is 10.0 Å². The van der Waals surface area contributed by atoms with E-state index < -0.39 is 16.0 Å². The number of carbonyl (C=O) groups is 1. The molecule has 1 saturated heterocycles. The predicted octanol–water partition coefficient (Wildman–Crippen LogP) is 1.31. The van der Waals surface area contributed by atoms with E-state index in [1.165, 1.54) is 31.4 Å². The lowest BCUT2D eigenvalue weighted by Crippen LogP contribution is -2.51. The highest BCUT2D eigenvalue weighted by atomic mass is 35.5. The van der Waals surface area contributed by atoms with Crippen molar-refractivity contribution in [2.24, 2.45) is 0 Å². The highest BCUT2D eigenvalue weighted by Gasteiger charge is 2.26. The van der Waals surface area contributed by atoms with Crippen LogP contribution in [0.5, 0.6) is 0 Å². The van der Waals surface area contributed by atoms with Crippen molar-refractivity contribution in [3.63, 3.8) is 0 Å². The van der Waals surface area contributed by atoms with E-state index in [2.05, 4.69) is 14.8 Å². The standard InChI is InChI=1S/C14H20N2O4S.ClH/c1-10-13(4-3-9-15-10)16-21(18,19)12-7-5-11(6-8-12)14(17)20-2;/h5-8,10,13,15-16H,3-4,9H2,1-2H3;1H. The van der Waals surface area contributed by atoms with Crippen LogP contribution in [-0.4, -0.2) is 40.1 Å². The number of carbonyl (C=O) groups excluding carboxylic acids is 1. The first-order valence-electron chi connectivity index (χ1n) is 6.88. The molecular weight excluding hydrogens is 328 g/mol. The topological polar surface area (TPSA) is 84.5 Å². The van der Waals surface area contributed by atoms with Crippen LogP contribution in [0.2, 0.25) is 0 Å². The average Bonchev–Trinajstić information content (AvgIpc) is 2.49. The van der Waals surface area contributed by atoms with E-state index in [1.807, 2.05) is 6.92 Å². The molecule has 0 saturated carbocycles. The second kappa shape index (κ2) is 7.92. The van der Waals surface area contributed by atoms with Crippen LogP contribution in [0.4, 0.5) is 0 Å². The Balaban J connectivity index is 0.00000242. The lowest BCUT2D eigenvalue weighted by Gasteiger charge is -2.30. The summed E-state index contributed by atoms with van der Waals surface area (Å²) in [4.78, 5) is 11.5. The maximum atomic E-state index is 12.3. The van der Waals surface area contributed by atoms with Gasteiger partial charge in [-0.3, -0.25) is 0 Å². The third-order valence-corrected chi connectivity index (χ3v) is 5.16. The zero-order valence-electron chi connectivity index (χ0n) is 12.5. The summed E-state index contributed by atoms with van der Waals surface area (Å²) in [7, 11) is -2.30. The molecule has 0 aliphatic carbocycles. The summed E-state index contributed by atoms with van der Waals surface area (Å²) in [6, 6.07) is 5.70. The second-order valence-electron chi connectivity index (χ2n) is 5.13. The van der Waals surface area contributed by atoms with Gasteiger partial charge in [0, 0.05) is 12.1 Å². The number of ether oxygens (including phenoxy) is 1. The lowest BCUT2D eigenvalue weighted by atomic mass is 10.0. The maximum absolute atomic E-state index is 12.3. The van der Waals surface area contributed by atoms with Gasteiger partial charge in [-0.2, -0.15) is 0 Å². The fraction of sp³-hybridized carbons (Fsp3) is 0.500. The first-order valence-corrected chi connectivity index (χ1v) is 8.36. The molecular formula is C14H21ClN2O4S. The van der Waals surface area contributed by atoms with Gasteiger partial charge in [-0.25, -0.2) is 17.9 Å². The number of halogens is 1. The van der Waals surface area contributed by atoms with Gasteiger partial charge in [-0.05, 0) is 50.6 Å². The van der Waals surface area contributed by atoms with Gasteiger partial charge < -0.3 is 10.1 Å². The minimum Gasteiger partial charge on any atom is -0.465 e. The molecule has 2 unspecified atom stereocenters. The predicted molar refractivity (Wildman–Crippen MR) is 85.8 cm³/mol. The van der Waals surface area contributed by atoms with Crippen molar-refractivity contribution in [3.05, 3.63) is 29.8 Å². The van der Waals surface area contributed by atoms with Crippen LogP contribution >= 0.6 is 12.4 Å². The van der Waals surface area contributed by atoms with Crippen LogP contribution < -0.4 is 10.0 Å². The molecule has 1 fully saturated rings. The molecule has 6 nitrogen and oxygen atoms in total. The van der Waals surface area contributed by atoms with Crippen LogP contribution in [0, 0.1) is 0 Å². The van der Waals surface area contributed by atoms with Crippen LogP contribution in [0.1, 0.15) is 30.1 Å². The third kappa shape index (κ3) is 4.42. The summed E-state index contributed by atoms with van der Waals surface area (Å²) < 4.78 is 32.0. The molecule has 2 N–H and O–H groups in total. The molecule has 0 amide bonds. The molecule has 1 aromatic carbocycles. The minimum absolute atomic E-state index is 0. The minimum atomic E-state index is -3.58. The van der Waals surface area contributed by atoms with E-state index in [1.54, 1.807) is 0 Å². The Morgan fingerprint density at radius 3 is 2.50 bits per heavy atom. The molecule has 0 aromatic heterocycles. The van der Waals surface area contributed by atoms with Crippen LogP contribution in [0.25, 0.3) is 0 Å². The van der Waals surface area contributed by atoms with E-state index in [0.717, 1.165) is 19.4 Å². The fourth-order valence-corrected chi connectivity index (χ4v) is 3.71. The number of methoxy groups -OCH3 is 1. The first-order chi connectivity index (χ1) is 9.94. The normalized spacial score (nSPS) is 21.7. The zero-order chi connectivity index (χ0) is 15.5. The van der Waals surface area contributed by atoms with E-state index in [-0.39, 0.29) is 29.4 Å². The number of hydrogen-bond acceptors (Lipinski definition) is 5. The molecule has 0 spiro atoms. The first kappa shape index (κ1) is 18.9. The van der Waals surface area contributed by atoms with Crippen LogP contribution in [0.15, 0.2) is 29.2 Å².